The Labute approximate surface area is 225 Å². The molecule has 5 nitrogen and oxygen atoms in total. The maximum atomic E-state index is 6.41. The largest absolute Gasteiger partial charge is 0.459 e. The summed E-state index contributed by atoms with van der Waals surface area (Å²) in [6.07, 6.45) is 1.79. The molecule has 0 bridgehead atoms. The van der Waals surface area contributed by atoms with Crippen LogP contribution in [0.25, 0.3) is 11.3 Å². The summed E-state index contributed by atoms with van der Waals surface area (Å²) in [4.78, 5) is 6.68. The number of benzene rings is 3. The van der Waals surface area contributed by atoms with Gasteiger partial charge in [-0.3, -0.25) is 4.98 Å². The van der Waals surface area contributed by atoms with E-state index in [0.717, 1.165) is 40.0 Å². The molecule has 1 aliphatic heterocycles. The summed E-state index contributed by atoms with van der Waals surface area (Å²) in [5.74, 6) is 3.06. The van der Waals surface area contributed by atoms with Crippen molar-refractivity contribution < 1.29 is 9.15 Å². The van der Waals surface area contributed by atoms with Crippen LogP contribution in [0.4, 0.5) is 5.69 Å². The molecule has 0 radical (unpaired) electrons. The van der Waals surface area contributed by atoms with Gasteiger partial charge in [0.1, 0.15) is 29.1 Å². The number of anilines is 1. The number of halogens is 1. The zero-order chi connectivity index (χ0) is 25.2. The summed E-state index contributed by atoms with van der Waals surface area (Å²) < 4.78 is 12.4. The molecule has 3 aromatic carbocycles. The van der Waals surface area contributed by atoms with Gasteiger partial charge in [-0.05, 0) is 97.1 Å². The summed E-state index contributed by atoms with van der Waals surface area (Å²) in [5, 5.41) is 4.75. The highest BCUT2D eigenvalue weighted by atomic mass is 35.5. The molecular formula is C30H22ClN3O2S. The Hall–Kier alpha value is -4.13. The first-order chi connectivity index (χ1) is 18.2. The fraction of sp³-hybridized carbons (Fsp3) is 0.0667. The van der Waals surface area contributed by atoms with Crippen molar-refractivity contribution in [3.63, 3.8) is 0 Å². The topological polar surface area (TPSA) is 50.5 Å². The predicted molar refractivity (Wildman–Crippen MR) is 150 cm³/mol. The summed E-state index contributed by atoms with van der Waals surface area (Å²) >= 11 is 11.9. The number of ether oxygens (including phenoxy) is 1. The van der Waals surface area contributed by atoms with Gasteiger partial charge in [0.05, 0.1) is 11.7 Å². The summed E-state index contributed by atoms with van der Waals surface area (Å²) in [5.41, 5.74) is 2.75. The van der Waals surface area contributed by atoms with E-state index < -0.39 is 0 Å². The van der Waals surface area contributed by atoms with Crippen LogP contribution < -0.4 is 15.0 Å². The van der Waals surface area contributed by atoms with Crippen LogP contribution in [-0.2, 0) is 0 Å². The third-order valence-electron chi connectivity index (χ3n) is 6.24. The van der Waals surface area contributed by atoms with Gasteiger partial charge >= 0.3 is 0 Å². The predicted octanol–water partition coefficient (Wildman–Crippen LogP) is 7.96. The second-order valence-corrected chi connectivity index (χ2v) is 9.44. The Morgan fingerprint density at radius 1 is 0.811 bits per heavy atom. The van der Waals surface area contributed by atoms with Crippen LogP contribution in [0.15, 0.2) is 120 Å². The molecule has 2 aromatic heterocycles. The van der Waals surface area contributed by atoms with Crippen molar-refractivity contribution in [2.75, 3.05) is 4.90 Å². The molecule has 2 atom stereocenters. The second-order valence-electron chi connectivity index (χ2n) is 8.61. The minimum absolute atomic E-state index is 0.196. The molecule has 1 fully saturated rings. The third-order valence-corrected chi connectivity index (χ3v) is 6.81. The highest BCUT2D eigenvalue weighted by molar-refractivity contribution is 7.80. The number of hydrogen-bond acceptors (Lipinski definition) is 4. The Kier molecular flexibility index (Phi) is 6.35. The molecule has 5 aromatic rings. The quantitative estimate of drug-likeness (QED) is 0.228. The van der Waals surface area contributed by atoms with Crippen LogP contribution in [0.5, 0.6) is 11.5 Å². The van der Waals surface area contributed by atoms with Gasteiger partial charge in [-0.2, -0.15) is 0 Å². The Bertz CT molecular complexity index is 1510. The fourth-order valence-corrected chi connectivity index (χ4v) is 4.97. The first-order valence-electron chi connectivity index (χ1n) is 11.8. The van der Waals surface area contributed by atoms with E-state index in [1.165, 1.54) is 0 Å². The molecular weight excluding hydrogens is 502 g/mol. The van der Waals surface area contributed by atoms with Crippen LogP contribution in [0.1, 0.15) is 23.5 Å². The van der Waals surface area contributed by atoms with Gasteiger partial charge < -0.3 is 19.4 Å². The number of nitrogens with one attached hydrogen (secondary N) is 1. The van der Waals surface area contributed by atoms with Crippen molar-refractivity contribution in [3.8, 4) is 22.8 Å². The lowest BCUT2D eigenvalue weighted by Crippen LogP contribution is -2.29. The van der Waals surface area contributed by atoms with Gasteiger partial charge in [-0.1, -0.05) is 35.9 Å². The number of thiocarbonyl (C=S) groups is 1. The number of pyridine rings is 1. The van der Waals surface area contributed by atoms with E-state index in [9.17, 15) is 0 Å². The number of hydrogen-bond donors (Lipinski definition) is 1. The van der Waals surface area contributed by atoms with Crippen molar-refractivity contribution in [3.05, 3.63) is 132 Å². The van der Waals surface area contributed by atoms with Crippen molar-refractivity contribution in [1.82, 2.24) is 10.3 Å². The summed E-state index contributed by atoms with van der Waals surface area (Å²) in [7, 11) is 0. The van der Waals surface area contributed by atoms with Gasteiger partial charge in [-0.25, -0.2) is 0 Å². The Morgan fingerprint density at radius 2 is 1.54 bits per heavy atom. The standard InChI is InChI=1S/C30H22ClN3O2S/c31-21-11-9-20(10-12-21)26-17-18-27(36-26)29-28(25-8-4-5-19-32-25)33-30(37)34(29)22-13-15-24(16-14-22)35-23-6-2-1-3-7-23/h1-19,28-29H,(H,33,37)/t28-,29+/m0/s1. The van der Waals surface area contributed by atoms with Gasteiger partial charge in [0, 0.05) is 22.5 Å². The van der Waals surface area contributed by atoms with Crippen LogP contribution in [-0.4, -0.2) is 10.1 Å². The van der Waals surface area contributed by atoms with Crippen molar-refractivity contribution in [2.45, 2.75) is 12.1 Å². The molecule has 0 spiro atoms. The zero-order valence-corrected chi connectivity index (χ0v) is 21.2. The van der Waals surface area contributed by atoms with Gasteiger partial charge in [0.15, 0.2) is 5.11 Å². The van der Waals surface area contributed by atoms with Crippen LogP contribution in [0.2, 0.25) is 5.02 Å². The number of aromatic nitrogens is 1. The second kappa shape index (κ2) is 10.1. The monoisotopic (exact) mass is 523 g/mol. The molecule has 7 heteroatoms. The average Bonchev–Trinajstić information content (AvgIpc) is 3.55. The van der Waals surface area contributed by atoms with Crippen molar-refractivity contribution >= 4 is 34.6 Å². The average molecular weight is 524 g/mol. The van der Waals surface area contributed by atoms with Crippen LogP contribution in [0.3, 0.4) is 0 Å². The minimum Gasteiger partial charge on any atom is -0.459 e. The van der Waals surface area contributed by atoms with E-state index >= 15 is 0 Å². The summed E-state index contributed by atoms with van der Waals surface area (Å²) in [6, 6.07) is 34.6. The van der Waals surface area contributed by atoms with Gasteiger partial charge in [-0.15, -0.1) is 0 Å². The van der Waals surface area contributed by atoms with Crippen molar-refractivity contribution in [2.24, 2.45) is 0 Å². The van der Waals surface area contributed by atoms with Crippen LogP contribution >= 0.6 is 23.8 Å². The lowest BCUT2D eigenvalue weighted by atomic mass is 10.0. The fourth-order valence-electron chi connectivity index (χ4n) is 4.50. The number of furan rings is 1. The maximum Gasteiger partial charge on any atom is 0.174 e. The van der Waals surface area contributed by atoms with E-state index in [4.69, 9.17) is 33.0 Å². The molecule has 0 unspecified atom stereocenters. The molecule has 182 valence electrons. The highest BCUT2D eigenvalue weighted by Crippen LogP contribution is 2.43. The smallest absolute Gasteiger partial charge is 0.174 e. The number of para-hydroxylation sites is 1. The lowest BCUT2D eigenvalue weighted by Gasteiger charge is -2.26. The molecule has 37 heavy (non-hydrogen) atoms. The summed E-state index contributed by atoms with van der Waals surface area (Å²) in [6.45, 7) is 0. The molecule has 0 aliphatic carbocycles. The SMILES string of the molecule is S=C1N[C@@H](c2ccccn2)[C@@H](c2ccc(-c3ccc(Cl)cc3)o2)N1c1ccc(Oc2ccccc2)cc1. The van der Waals surface area contributed by atoms with E-state index in [1.54, 1.807) is 6.20 Å². The first kappa shape index (κ1) is 23.3. The van der Waals surface area contributed by atoms with E-state index in [1.807, 2.05) is 109 Å². The van der Waals surface area contributed by atoms with Crippen LogP contribution in [0, 0.1) is 0 Å². The van der Waals surface area contributed by atoms with Gasteiger partial charge in [0.25, 0.3) is 0 Å². The minimum atomic E-state index is -0.246. The van der Waals surface area contributed by atoms with Crippen molar-refractivity contribution in [1.29, 1.82) is 0 Å². The normalized spacial score (nSPS) is 17.0. The molecule has 1 aliphatic rings. The van der Waals surface area contributed by atoms with E-state index in [2.05, 4.69) is 15.2 Å². The molecule has 3 heterocycles. The highest BCUT2D eigenvalue weighted by Gasteiger charge is 2.42. The van der Waals surface area contributed by atoms with E-state index in [0.29, 0.717) is 10.1 Å². The molecule has 1 N–H and O–H groups in total. The Balaban J connectivity index is 1.35. The maximum absolute atomic E-state index is 6.41. The zero-order valence-electron chi connectivity index (χ0n) is 19.6. The third kappa shape index (κ3) is 4.81. The van der Waals surface area contributed by atoms with E-state index in [-0.39, 0.29) is 12.1 Å². The molecule has 6 rings (SSSR count). The van der Waals surface area contributed by atoms with Gasteiger partial charge in [0.2, 0.25) is 0 Å². The number of nitrogens with zero attached hydrogens (tertiary/aromatic N) is 2. The lowest BCUT2D eigenvalue weighted by molar-refractivity contribution is 0.439. The molecule has 0 saturated carbocycles. The first-order valence-corrected chi connectivity index (χ1v) is 12.6. The molecule has 0 amide bonds. The number of rotatable bonds is 6. The molecule has 1 saturated heterocycles. The Morgan fingerprint density at radius 3 is 2.27 bits per heavy atom.